The molecule has 0 saturated carbocycles. The van der Waals surface area contributed by atoms with E-state index in [1.54, 1.807) is 0 Å². The molecule has 0 saturated heterocycles. The van der Waals surface area contributed by atoms with Crippen molar-refractivity contribution in [3.05, 3.63) is 188 Å². The molecule has 0 aliphatic carbocycles. The number of nitrogens with zero attached hydrogens (tertiary/aromatic N) is 1. The molecule has 0 bridgehead atoms. The first kappa shape index (κ1) is 30.0. The van der Waals surface area contributed by atoms with Gasteiger partial charge in [0.2, 0.25) is 0 Å². The van der Waals surface area contributed by atoms with Gasteiger partial charge in [-0.2, -0.15) is 0 Å². The van der Waals surface area contributed by atoms with Crippen molar-refractivity contribution in [2.45, 2.75) is 0 Å². The second-order valence-corrected chi connectivity index (χ2v) is 14.8. The van der Waals surface area contributed by atoms with Gasteiger partial charge in [-0.15, -0.1) is 11.3 Å². The number of furan rings is 1. The molecule has 0 spiro atoms. The van der Waals surface area contributed by atoms with E-state index >= 15 is 0 Å². The van der Waals surface area contributed by atoms with Crippen molar-refractivity contribution in [2.75, 3.05) is 4.90 Å². The first-order valence-electron chi connectivity index (χ1n) is 18.0. The maximum Gasteiger partial charge on any atom is 0.145 e. The largest absolute Gasteiger partial charge is 0.455 e. The van der Waals surface area contributed by atoms with Crippen LogP contribution in [0.4, 0.5) is 17.1 Å². The lowest BCUT2D eigenvalue weighted by atomic mass is 9.95. The fourth-order valence-electron chi connectivity index (χ4n) is 8.12. The van der Waals surface area contributed by atoms with E-state index in [2.05, 4.69) is 193 Å². The topological polar surface area (TPSA) is 16.4 Å². The van der Waals surface area contributed by atoms with E-state index < -0.39 is 0 Å². The summed E-state index contributed by atoms with van der Waals surface area (Å²) >= 11 is 1.85. The standard InChI is InChI=1S/C50H31NOS/c1-2-12-35-30-36(21-20-32(35)10-1)33-22-24-37(25-23-33)51(38-26-27-42-41-15-6-8-19-47(41)53-48(42)31-38)45-29-28-43(40-17-9-13-34-11-3-4-14-39(34)40)50-49(45)44-16-5-7-18-46(44)52-50/h1-31H. The van der Waals surface area contributed by atoms with Crippen LogP contribution in [-0.2, 0) is 0 Å². The van der Waals surface area contributed by atoms with Crippen molar-refractivity contribution < 1.29 is 4.42 Å². The zero-order chi connectivity index (χ0) is 34.9. The zero-order valence-electron chi connectivity index (χ0n) is 28.7. The van der Waals surface area contributed by atoms with Gasteiger partial charge in [0.15, 0.2) is 0 Å². The third-order valence-electron chi connectivity index (χ3n) is 10.7. The van der Waals surface area contributed by atoms with Crippen molar-refractivity contribution >= 4 is 92.1 Å². The molecule has 2 heterocycles. The lowest BCUT2D eigenvalue weighted by molar-refractivity contribution is 0.670. The SMILES string of the molecule is c1ccc2cc(-c3ccc(N(c4ccc5c(c4)sc4ccccc45)c4ccc(-c5cccc6ccccc56)c5oc6ccccc6c45)cc3)ccc2c1. The quantitative estimate of drug-likeness (QED) is 0.178. The minimum Gasteiger partial charge on any atom is -0.455 e. The van der Waals surface area contributed by atoms with Crippen LogP contribution in [-0.4, -0.2) is 0 Å². The van der Waals surface area contributed by atoms with Crippen LogP contribution >= 0.6 is 11.3 Å². The fourth-order valence-corrected chi connectivity index (χ4v) is 9.26. The monoisotopic (exact) mass is 693 g/mol. The molecule has 2 aromatic heterocycles. The van der Waals surface area contributed by atoms with Gasteiger partial charge in [-0.3, -0.25) is 0 Å². The van der Waals surface area contributed by atoms with Crippen molar-refractivity contribution in [1.29, 1.82) is 0 Å². The number of thiophene rings is 1. The van der Waals surface area contributed by atoms with Crippen LogP contribution in [0.25, 0.3) is 85.9 Å². The Bertz CT molecular complexity index is 3180. The van der Waals surface area contributed by atoms with Crippen LogP contribution in [0.15, 0.2) is 192 Å². The number of anilines is 3. The predicted octanol–water partition coefficient (Wildman–Crippen LogP) is 15.1. The molecule has 0 aliphatic heterocycles. The van der Waals surface area contributed by atoms with Gasteiger partial charge in [0.05, 0.1) is 11.1 Å². The summed E-state index contributed by atoms with van der Waals surface area (Å²) in [4.78, 5) is 2.41. The maximum atomic E-state index is 6.85. The van der Waals surface area contributed by atoms with Crippen LogP contribution in [0, 0.1) is 0 Å². The summed E-state index contributed by atoms with van der Waals surface area (Å²) in [6, 6.07) is 68.0. The van der Waals surface area contributed by atoms with Gasteiger partial charge in [-0.1, -0.05) is 133 Å². The first-order chi connectivity index (χ1) is 26.3. The summed E-state index contributed by atoms with van der Waals surface area (Å²) in [7, 11) is 0. The Morgan fingerprint density at radius 1 is 0.396 bits per heavy atom. The molecule has 2 nitrogen and oxygen atoms in total. The average Bonchev–Trinajstić information content (AvgIpc) is 3.80. The third-order valence-corrected chi connectivity index (χ3v) is 11.8. The van der Waals surface area contributed by atoms with Crippen molar-refractivity contribution in [1.82, 2.24) is 0 Å². The van der Waals surface area contributed by atoms with Crippen molar-refractivity contribution in [3.63, 3.8) is 0 Å². The molecule has 248 valence electrons. The molecule has 0 N–H and O–H groups in total. The van der Waals surface area contributed by atoms with E-state index in [9.17, 15) is 0 Å². The lowest BCUT2D eigenvalue weighted by Crippen LogP contribution is -2.10. The minimum atomic E-state index is 0.878. The Balaban J connectivity index is 1.15. The molecule has 0 fully saturated rings. The van der Waals surface area contributed by atoms with E-state index in [1.165, 1.54) is 52.8 Å². The van der Waals surface area contributed by atoms with E-state index in [1.807, 2.05) is 11.3 Å². The molecule has 0 atom stereocenters. The van der Waals surface area contributed by atoms with Gasteiger partial charge in [0, 0.05) is 42.5 Å². The van der Waals surface area contributed by atoms with Gasteiger partial charge in [0.25, 0.3) is 0 Å². The summed E-state index contributed by atoms with van der Waals surface area (Å²) in [5, 5.41) is 9.69. The molecule has 0 unspecified atom stereocenters. The Kier molecular flexibility index (Phi) is 6.76. The fraction of sp³-hybridized carbons (Fsp3) is 0. The van der Waals surface area contributed by atoms with E-state index in [-0.39, 0.29) is 0 Å². The molecule has 53 heavy (non-hydrogen) atoms. The molecular formula is C50H31NOS. The summed E-state index contributed by atoms with van der Waals surface area (Å²) < 4.78 is 9.41. The molecular weight excluding hydrogens is 663 g/mol. The normalized spacial score (nSPS) is 11.8. The van der Waals surface area contributed by atoms with Crippen molar-refractivity contribution in [3.8, 4) is 22.3 Å². The Hall–Kier alpha value is -6.68. The van der Waals surface area contributed by atoms with E-state index in [0.717, 1.165) is 50.1 Å². The van der Waals surface area contributed by atoms with E-state index in [0.29, 0.717) is 0 Å². The summed E-state index contributed by atoms with van der Waals surface area (Å²) in [6.07, 6.45) is 0. The molecule has 11 aromatic rings. The summed E-state index contributed by atoms with van der Waals surface area (Å²) in [5.74, 6) is 0. The van der Waals surface area contributed by atoms with Crippen molar-refractivity contribution in [2.24, 2.45) is 0 Å². The van der Waals surface area contributed by atoms with Gasteiger partial charge >= 0.3 is 0 Å². The second-order valence-electron chi connectivity index (χ2n) is 13.7. The number of para-hydroxylation sites is 1. The number of rotatable bonds is 5. The highest BCUT2D eigenvalue weighted by Crippen LogP contribution is 2.48. The Morgan fingerprint density at radius 3 is 1.96 bits per heavy atom. The number of hydrogen-bond acceptors (Lipinski definition) is 3. The molecule has 0 radical (unpaired) electrons. The molecule has 0 amide bonds. The van der Waals surface area contributed by atoms with Gasteiger partial charge < -0.3 is 9.32 Å². The maximum absolute atomic E-state index is 6.85. The van der Waals surface area contributed by atoms with Gasteiger partial charge in [-0.05, 0) is 92.8 Å². The number of hydrogen-bond donors (Lipinski definition) is 0. The Labute approximate surface area is 310 Å². The summed E-state index contributed by atoms with van der Waals surface area (Å²) in [5.41, 5.74) is 9.67. The highest BCUT2D eigenvalue weighted by molar-refractivity contribution is 7.25. The zero-order valence-corrected chi connectivity index (χ0v) is 29.5. The summed E-state index contributed by atoms with van der Waals surface area (Å²) in [6.45, 7) is 0. The number of fused-ring (bicyclic) bond motifs is 8. The van der Waals surface area contributed by atoms with Crippen LogP contribution in [0.5, 0.6) is 0 Å². The average molecular weight is 694 g/mol. The highest BCUT2D eigenvalue weighted by atomic mass is 32.1. The lowest BCUT2D eigenvalue weighted by Gasteiger charge is -2.27. The molecule has 0 aliphatic rings. The van der Waals surface area contributed by atoms with Crippen LogP contribution in [0.2, 0.25) is 0 Å². The molecule has 11 rings (SSSR count). The van der Waals surface area contributed by atoms with Crippen LogP contribution in [0.3, 0.4) is 0 Å². The molecule has 9 aromatic carbocycles. The number of benzene rings is 9. The smallest absolute Gasteiger partial charge is 0.145 e. The third kappa shape index (κ3) is 4.86. The predicted molar refractivity (Wildman–Crippen MR) is 227 cm³/mol. The van der Waals surface area contributed by atoms with Crippen LogP contribution in [0.1, 0.15) is 0 Å². The minimum absolute atomic E-state index is 0.878. The first-order valence-corrected chi connectivity index (χ1v) is 18.8. The Morgan fingerprint density at radius 2 is 1.08 bits per heavy atom. The van der Waals surface area contributed by atoms with Gasteiger partial charge in [-0.25, -0.2) is 0 Å². The highest BCUT2D eigenvalue weighted by Gasteiger charge is 2.23. The van der Waals surface area contributed by atoms with Crippen LogP contribution < -0.4 is 4.90 Å². The second kappa shape index (κ2) is 11.9. The molecule has 3 heteroatoms. The van der Waals surface area contributed by atoms with E-state index in [4.69, 9.17) is 4.42 Å². The van der Waals surface area contributed by atoms with Gasteiger partial charge in [0.1, 0.15) is 11.2 Å².